The van der Waals surface area contributed by atoms with E-state index in [1.807, 2.05) is 12.1 Å². The minimum Gasteiger partial charge on any atom is -0.241 e. The monoisotopic (exact) mass is 184 g/mol. The molecule has 0 N–H and O–H groups in total. The minimum atomic E-state index is 0.698. The van der Waals surface area contributed by atoms with Gasteiger partial charge in [0, 0.05) is 18.3 Å². The molecule has 3 heterocycles. The molecule has 14 heavy (non-hydrogen) atoms. The quantitative estimate of drug-likeness (QED) is 0.517. The summed E-state index contributed by atoms with van der Waals surface area (Å²) in [7, 11) is 0. The van der Waals surface area contributed by atoms with Gasteiger partial charge in [-0.05, 0) is 12.1 Å². The molecule has 1 aliphatic heterocycles. The number of nitrogens with zero attached hydrogens (tertiary/aromatic N) is 4. The Balaban J connectivity index is 2.17. The molecule has 0 amide bonds. The van der Waals surface area contributed by atoms with E-state index in [1.54, 1.807) is 12.5 Å². The van der Waals surface area contributed by atoms with Gasteiger partial charge in [0.15, 0.2) is 0 Å². The van der Waals surface area contributed by atoms with Crippen LogP contribution in [0.3, 0.4) is 0 Å². The maximum Gasteiger partial charge on any atom is 0.134 e. The number of fused-ring (bicyclic) bond motifs is 4. The molecule has 4 heteroatoms. The van der Waals surface area contributed by atoms with Gasteiger partial charge in [-0.15, -0.1) is 0 Å². The van der Waals surface area contributed by atoms with Crippen molar-refractivity contribution in [1.29, 1.82) is 0 Å². The van der Waals surface area contributed by atoms with Crippen LogP contribution in [-0.2, 0) is 12.8 Å². The van der Waals surface area contributed by atoms with E-state index in [2.05, 4.69) is 19.9 Å². The predicted octanol–water partition coefficient (Wildman–Crippen LogP) is 0.762. The Hall–Kier alpha value is -1.84. The molecule has 2 aromatic heterocycles. The molecule has 68 valence electrons. The van der Waals surface area contributed by atoms with Crippen LogP contribution in [0.5, 0.6) is 0 Å². The third-order valence-electron chi connectivity index (χ3n) is 2.24. The molecule has 0 aromatic carbocycles. The van der Waals surface area contributed by atoms with Crippen molar-refractivity contribution in [3.8, 4) is 0 Å². The van der Waals surface area contributed by atoms with Gasteiger partial charge in [-0.25, -0.2) is 19.9 Å². The lowest BCUT2D eigenvalue weighted by atomic mass is 10.1. The van der Waals surface area contributed by atoms with Gasteiger partial charge in [0.1, 0.15) is 12.2 Å². The van der Waals surface area contributed by atoms with Crippen molar-refractivity contribution in [1.82, 2.24) is 19.9 Å². The first-order chi connectivity index (χ1) is 6.90. The zero-order valence-corrected chi connectivity index (χ0v) is 7.51. The lowest BCUT2D eigenvalue weighted by Crippen LogP contribution is -2.07. The summed E-state index contributed by atoms with van der Waals surface area (Å²) >= 11 is 0. The van der Waals surface area contributed by atoms with Crippen LogP contribution in [0.1, 0.15) is 22.9 Å². The number of hydrogen-bond acceptors (Lipinski definition) is 4. The zero-order valence-electron chi connectivity index (χ0n) is 7.51. The fourth-order valence-electron chi connectivity index (χ4n) is 1.61. The van der Waals surface area contributed by atoms with Gasteiger partial charge in [-0.3, -0.25) is 0 Å². The fraction of sp³-hybridized carbons (Fsp3) is 0.200. The molecule has 0 radical (unpaired) electrons. The standard InChI is InChI=1S/C10H8N4/c1-2-11-10-5-9-4-8(12-6-13-9)3-7(1)14-10/h1-2,4,6H,3,5H2. The molecule has 0 atom stereocenters. The molecule has 1 aliphatic rings. The van der Waals surface area contributed by atoms with E-state index in [0.29, 0.717) is 6.42 Å². The van der Waals surface area contributed by atoms with Gasteiger partial charge in [0.2, 0.25) is 0 Å². The predicted molar refractivity (Wildman–Crippen MR) is 49.7 cm³/mol. The second-order valence-electron chi connectivity index (χ2n) is 3.32. The van der Waals surface area contributed by atoms with E-state index in [9.17, 15) is 0 Å². The van der Waals surface area contributed by atoms with Gasteiger partial charge < -0.3 is 0 Å². The molecule has 4 nitrogen and oxygen atoms in total. The van der Waals surface area contributed by atoms with Crippen molar-refractivity contribution in [3.05, 3.63) is 47.6 Å². The van der Waals surface area contributed by atoms with Crippen LogP contribution in [0.2, 0.25) is 0 Å². The lowest BCUT2D eigenvalue weighted by Gasteiger charge is -2.08. The third kappa shape index (κ3) is 1.25. The molecule has 0 saturated carbocycles. The van der Waals surface area contributed by atoms with Crippen molar-refractivity contribution in [3.63, 3.8) is 0 Å². The molecule has 0 saturated heterocycles. The van der Waals surface area contributed by atoms with Crippen LogP contribution in [0.15, 0.2) is 24.7 Å². The van der Waals surface area contributed by atoms with Gasteiger partial charge in [-0.2, -0.15) is 0 Å². The number of rotatable bonds is 0. The molecule has 3 rings (SSSR count). The Labute approximate surface area is 81.1 Å². The average Bonchev–Trinajstić information content (AvgIpc) is 2.17. The van der Waals surface area contributed by atoms with Crippen LogP contribution in [-0.4, -0.2) is 19.9 Å². The highest BCUT2D eigenvalue weighted by Gasteiger charge is 2.09. The normalized spacial score (nSPS) is 13.1. The molecular formula is C10H8N4. The molecule has 2 aromatic rings. The van der Waals surface area contributed by atoms with Crippen LogP contribution >= 0.6 is 0 Å². The van der Waals surface area contributed by atoms with E-state index >= 15 is 0 Å². The number of aromatic nitrogens is 4. The largest absolute Gasteiger partial charge is 0.241 e. The Morgan fingerprint density at radius 3 is 2.71 bits per heavy atom. The molecule has 4 bridgehead atoms. The average molecular weight is 184 g/mol. The van der Waals surface area contributed by atoms with Gasteiger partial charge in [0.05, 0.1) is 17.8 Å². The smallest absolute Gasteiger partial charge is 0.134 e. The molecular weight excluding hydrogens is 176 g/mol. The van der Waals surface area contributed by atoms with Crippen LogP contribution in [0.25, 0.3) is 0 Å². The first kappa shape index (κ1) is 7.55. The van der Waals surface area contributed by atoms with E-state index in [1.165, 1.54) is 0 Å². The topological polar surface area (TPSA) is 51.6 Å². The first-order valence-corrected chi connectivity index (χ1v) is 4.51. The van der Waals surface area contributed by atoms with Crippen molar-refractivity contribution in [2.75, 3.05) is 0 Å². The highest BCUT2D eigenvalue weighted by Crippen LogP contribution is 2.11. The molecule has 0 aliphatic carbocycles. The SMILES string of the molecule is c1nc2cc(n1)Cc1nccc(n1)C2. The summed E-state index contributed by atoms with van der Waals surface area (Å²) in [6.45, 7) is 0. The van der Waals surface area contributed by atoms with Crippen LogP contribution in [0.4, 0.5) is 0 Å². The molecule has 0 unspecified atom stereocenters. The summed E-state index contributed by atoms with van der Waals surface area (Å²) < 4.78 is 0. The molecule has 0 spiro atoms. The van der Waals surface area contributed by atoms with E-state index in [4.69, 9.17) is 0 Å². The molecule has 0 fully saturated rings. The van der Waals surface area contributed by atoms with E-state index in [0.717, 1.165) is 29.3 Å². The maximum absolute atomic E-state index is 4.41. The van der Waals surface area contributed by atoms with Crippen LogP contribution < -0.4 is 0 Å². The second-order valence-corrected chi connectivity index (χ2v) is 3.32. The highest BCUT2D eigenvalue weighted by atomic mass is 14.9. The minimum absolute atomic E-state index is 0.698. The van der Waals surface area contributed by atoms with Gasteiger partial charge >= 0.3 is 0 Å². The number of hydrogen-bond donors (Lipinski definition) is 0. The second kappa shape index (κ2) is 2.83. The first-order valence-electron chi connectivity index (χ1n) is 4.51. The van der Waals surface area contributed by atoms with Crippen molar-refractivity contribution in [2.24, 2.45) is 0 Å². The summed E-state index contributed by atoms with van der Waals surface area (Å²) in [5.74, 6) is 0.840. The lowest BCUT2D eigenvalue weighted by molar-refractivity contribution is 0.846. The third-order valence-corrected chi connectivity index (χ3v) is 2.24. The van der Waals surface area contributed by atoms with Crippen molar-refractivity contribution in [2.45, 2.75) is 12.8 Å². The van der Waals surface area contributed by atoms with E-state index < -0.39 is 0 Å². The Bertz CT molecular complexity index is 401. The fourth-order valence-corrected chi connectivity index (χ4v) is 1.61. The maximum atomic E-state index is 4.41. The summed E-state index contributed by atoms with van der Waals surface area (Å²) in [4.78, 5) is 17.0. The summed E-state index contributed by atoms with van der Waals surface area (Å²) in [6, 6.07) is 3.94. The van der Waals surface area contributed by atoms with Crippen LogP contribution in [0, 0.1) is 0 Å². The van der Waals surface area contributed by atoms with Crippen molar-refractivity contribution < 1.29 is 0 Å². The summed E-state index contributed by atoms with van der Waals surface area (Å²) in [5, 5.41) is 0. The van der Waals surface area contributed by atoms with Crippen molar-refractivity contribution >= 4 is 0 Å². The Kier molecular flexibility index (Phi) is 1.53. The zero-order chi connectivity index (χ0) is 9.38. The summed E-state index contributed by atoms with van der Waals surface area (Å²) in [6.07, 6.45) is 4.87. The Morgan fingerprint density at radius 2 is 1.79 bits per heavy atom. The Morgan fingerprint density at radius 1 is 0.929 bits per heavy atom. The van der Waals surface area contributed by atoms with E-state index in [-0.39, 0.29) is 0 Å². The van der Waals surface area contributed by atoms with Gasteiger partial charge in [0.25, 0.3) is 0 Å². The van der Waals surface area contributed by atoms with Gasteiger partial charge in [-0.1, -0.05) is 0 Å². The highest BCUT2D eigenvalue weighted by molar-refractivity contribution is 5.21. The summed E-state index contributed by atoms with van der Waals surface area (Å²) in [5.41, 5.74) is 3.05.